The lowest BCUT2D eigenvalue weighted by molar-refractivity contribution is 0.0697. The molecule has 1 N–H and O–H groups in total. The first-order valence-electron chi connectivity index (χ1n) is 6.48. The lowest BCUT2D eigenvalue weighted by atomic mass is 9.90. The van der Waals surface area contributed by atoms with Gasteiger partial charge in [0.1, 0.15) is 5.52 Å². The minimum atomic E-state index is -0.957. The van der Waals surface area contributed by atoms with Crippen molar-refractivity contribution in [3.05, 3.63) is 23.8 Å². The zero-order valence-electron chi connectivity index (χ0n) is 12.0. The van der Waals surface area contributed by atoms with Gasteiger partial charge >= 0.3 is 5.97 Å². The van der Waals surface area contributed by atoms with E-state index in [4.69, 9.17) is 9.84 Å². The Bertz CT molecular complexity index is 619. The number of benzene rings is 1. The van der Waals surface area contributed by atoms with Crippen LogP contribution < -0.4 is 0 Å². The molecule has 108 valence electrons. The van der Waals surface area contributed by atoms with Crippen LogP contribution in [0.4, 0.5) is 0 Å². The summed E-state index contributed by atoms with van der Waals surface area (Å²) in [7, 11) is 1.69. The third-order valence-electron chi connectivity index (χ3n) is 3.32. The second-order valence-corrected chi connectivity index (χ2v) is 5.66. The molecule has 2 aromatic rings. The third kappa shape index (κ3) is 3.14. The monoisotopic (exact) mass is 277 g/mol. The fraction of sp³-hybridized carbons (Fsp3) is 0.500. The van der Waals surface area contributed by atoms with Gasteiger partial charge in [-0.3, -0.25) is 0 Å². The minimum Gasteiger partial charge on any atom is -0.478 e. The van der Waals surface area contributed by atoms with Gasteiger partial charge in [-0.05, 0) is 30.0 Å². The van der Waals surface area contributed by atoms with E-state index in [1.54, 1.807) is 25.3 Å². The van der Waals surface area contributed by atoms with Crippen LogP contribution in [0, 0.1) is 5.41 Å². The Labute approximate surface area is 117 Å². The first-order chi connectivity index (χ1) is 9.43. The van der Waals surface area contributed by atoms with Crippen molar-refractivity contribution in [2.45, 2.75) is 26.8 Å². The second kappa shape index (κ2) is 5.58. The van der Waals surface area contributed by atoms with Gasteiger partial charge in [0.15, 0.2) is 0 Å². The summed E-state index contributed by atoms with van der Waals surface area (Å²) in [4.78, 5) is 10.9. The Morgan fingerprint density at radius 1 is 1.45 bits per heavy atom. The first kappa shape index (κ1) is 14.5. The topological polar surface area (TPSA) is 77.2 Å². The lowest BCUT2D eigenvalue weighted by Gasteiger charge is -2.24. The van der Waals surface area contributed by atoms with Crippen LogP contribution in [0.3, 0.4) is 0 Å². The van der Waals surface area contributed by atoms with E-state index in [0.29, 0.717) is 18.7 Å². The molecule has 2 rings (SSSR count). The number of aromatic nitrogens is 3. The summed E-state index contributed by atoms with van der Waals surface area (Å²) in [6, 6.07) is 4.88. The zero-order chi connectivity index (χ0) is 14.8. The molecule has 0 radical (unpaired) electrons. The zero-order valence-corrected chi connectivity index (χ0v) is 12.0. The summed E-state index contributed by atoms with van der Waals surface area (Å²) in [6.45, 7) is 5.69. The van der Waals surface area contributed by atoms with E-state index in [1.165, 1.54) is 0 Å². The summed E-state index contributed by atoms with van der Waals surface area (Å²) < 4.78 is 6.93. The molecule has 0 aliphatic rings. The van der Waals surface area contributed by atoms with E-state index in [2.05, 4.69) is 24.2 Å². The van der Waals surface area contributed by atoms with Crippen LogP contribution in [0.25, 0.3) is 11.0 Å². The van der Waals surface area contributed by atoms with Crippen LogP contribution in [-0.4, -0.2) is 39.8 Å². The molecule has 0 aliphatic carbocycles. The van der Waals surface area contributed by atoms with Crippen molar-refractivity contribution in [1.29, 1.82) is 0 Å². The van der Waals surface area contributed by atoms with Gasteiger partial charge in [0.2, 0.25) is 0 Å². The van der Waals surface area contributed by atoms with Crippen LogP contribution >= 0.6 is 0 Å². The highest BCUT2D eigenvalue weighted by molar-refractivity contribution is 5.92. The number of rotatable bonds is 6. The Morgan fingerprint density at radius 3 is 2.85 bits per heavy atom. The smallest absolute Gasteiger partial charge is 0.335 e. The van der Waals surface area contributed by atoms with Gasteiger partial charge in [-0.25, -0.2) is 9.48 Å². The predicted octanol–water partition coefficient (Wildman–Crippen LogP) is 2.19. The molecule has 0 saturated heterocycles. The molecule has 0 fully saturated rings. The number of fused-ring (bicyclic) bond motifs is 1. The highest BCUT2D eigenvalue weighted by atomic mass is 16.5. The largest absolute Gasteiger partial charge is 0.478 e. The number of carbonyl (C=O) groups is 1. The summed E-state index contributed by atoms with van der Waals surface area (Å²) >= 11 is 0. The van der Waals surface area contributed by atoms with Crippen LogP contribution in [-0.2, 0) is 11.3 Å². The molecule has 6 heteroatoms. The van der Waals surface area contributed by atoms with Crippen LogP contribution in [0.5, 0.6) is 0 Å². The van der Waals surface area contributed by atoms with Gasteiger partial charge < -0.3 is 9.84 Å². The van der Waals surface area contributed by atoms with E-state index < -0.39 is 5.97 Å². The van der Waals surface area contributed by atoms with E-state index in [1.807, 2.05) is 4.68 Å². The summed E-state index contributed by atoms with van der Waals surface area (Å²) in [6.07, 6.45) is 0.915. The van der Waals surface area contributed by atoms with Gasteiger partial charge in [-0.2, -0.15) is 0 Å². The summed E-state index contributed by atoms with van der Waals surface area (Å²) in [5, 5.41) is 17.1. The van der Waals surface area contributed by atoms with Gasteiger partial charge in [-0.15, -0.1) is 5.10 Å². The van der Waals surface area contributed by atoms with E-state index in [-0.39, 0.29) is 11.0 Å². The van der Waals surface area contributed by atoms with Crippen LogP contribution in [0.2, 0.25) is 0 Å². The number of nitrogens with zero attached hydrogens (tertiary/aromatic N) is 3. The average Bonchev–Trinajstić information content (AvgIpc) is 2.78. The van der Waals surface area contributed by atoms with Crippen molar-refractivity contribution in [3.8, 4) is 0 Å². The SMILES string of the molecule is COCCC(C)(C)Cn1nnc2cc(C(=O)O)ccc21. The fourth-order valence-electron chi connectivity index (χ4n) is 2.08. The predicted molar refractivity (Wildman–Crippen MR) is 74.8 cm³/mol. The molecule has 0 unspecified atom stereocenters. The number of ether oxygens (including phenoxy) is 1. The Hall–Kier alpha value is -1.95. The number of carboxylic acid groups (broad SMARTS) is 1. The summed E-state index contributed by atoms with van der Waals surface area (Å²) in [5.74, 6) is -0.957. The maximum atomic E-state index is 10.9. The minimum absolute atomic E-state index is 0.0299. The maximum Gasteiger partial charge on any atom is 0.335 e. The number of hydrogen-bond donors (Lipinski definition) is 1. The lowest BCUT2D eigenvalue weighted by Crippen LogP contribution is -2.22. The molecule has 1 aromatic carbocycles. The van der Waals surface area contributed by atoms with Gasteiger partial charge in [0.05, 0.1) is 11.1 Å². The quantitative estimate of drug-likeness (QED) is 0.875. The molecule has 1 heterocycles. The third-order valence-corrected chi connectivity index (χ3v) is 3.32. The van der Waals surface area contributed by atoms with Crippen molar-refractivity contribution < 1.29 is 14.6 Å². The van der Waals surface area contributed by atoms with E-state index in [0.717, 1.165) is 11.9 Å². The van der Waals surface area contributed by atoms with Gasteiger partial charge in [-0.1, -0.05) is 19.1 Å². The number of methoxy groups -OCH3 is 1. The molecular weight excluding hydrogens is 258 g/mol. The van der Waals surface area contributed by atoms with E-state index in [9.17, 15) is 4.79 Å². The molecule has 0 amide bonds. The van der Waals surface area contributed by atoms with Crippen molar-refractivity contribution in [2.24, 2.45) is 5.41 Å². The molecule has 0 saturated carbocycles. The standard InChI is InChI=1S/C14H19N3O3/c1-14(2,6-7-20-3)9-17-12-5-4-10(13(18)19)8-11(12)15-16-17/h4-5,8H,6-7,9H2,1-3H3,(H,18,19). The number of carboxylic acids is 1. The molecule has 20 heavy (non-hydrogen) atoms. The van der Waals surface area contributed by atoms with Gasteiger partial charge in [0, 0.05) is 20.3 Å². The average molecular weight is 277 g/mol. The van der Waals surface area contributed by atoms with Crippen LogP contribution in [0.15, 0.2) is 18.2 Å². The van der Waals surface area contributed by atoms with Crippen molar-refractivity contribution in [3.63, 3.8) is 0 Å². The molecule has 1 aromatic heterocycles. The Kier molecular flexibility index (Phi) is 4.04. The molecule has 0 aliphatic heterocycles. The second-order valence-electron chi connectivity index (χ2n) is 5.66. The summed E-state index contributed by atoms with van der Waals surface area (Å²) in [5.41, 5.74) is 1.71. The van der Waals surface area contributed by atoms with Crippen molar-refractivity contribution in [1.82, 2.24) is 15.0 Å². The molecular formula is C14H19N3O3. The van der Waals surface area contributed by atoms with Crippen molar-refractivity contribution >= 4 is 17.0 Å². The molecule has 0 spiro atoms. The highest BCUT2D eigenvalue weighted by Crippen LogP contribution is 2.24. The molecule has 0 bridgehead atoms. The van der Waals surface area contributed by atoms with Gasteiger partial charge in [0.25, 0.3) is 0 Å². The molecule has 0 atom stereocenters. The Balaban J connectivity index is 2.25. The fourth-order valence-corrected chi connectivity index (χ4v) is 2.08. The van der Waals surface area contributed by atoms with E-state index >= 15 is 0 Å². The Morgan fingerprint density at radius 2 is 2.20 bits per heavy atom. The normalized spacial score (nSPS) is 11.9. The highest BCUT2D eigenvalue weighted by Gasteiger charge is 2.20. The first-order valence-corrected chi connectivity index (χ1v) is 6.48. The number of aromatic carboxylic acids is 1. The van der Waals surface area contributed by atoms with Crippen LogP contribution in [0.1, 0.15) is 30.6 Å². The van der Waals surface area contributed by atoms with Crippen molar-refractivity contribution in [2.75, 3.05) is 13.7 Å². The molecule has 6 nitrogen and oxygen atoms in total. The maximum absolute atomic E-state index is 10.9. The number of hydrogen-bond acceptors (Lipinski definition) is 4.